The molecule has 0 unspecified atom stereocenters. The molecule has 1 atom stereocenters. The molecule has 7 heteroatoms. The number of carbonyl (C=O) groups is 1. The van der Waals surface area contributed by atoms with Crippen molar-refractivity contribution in [1.29, 1.82) is 0 Å². The minimum Gasteiger partial charge on any atom is -0.376 e. The molecule has 5 rings (SSSR count). The number of ether oxygens (including phenoxy) is 1. The highest BCUT2D eigenvalue weighted by molar-refractivity contribution is 6.08. The Kier molecular flexibility index (Phi) is 6.77. The highest BCUT2D eigenvalue weighted by Crippen LogP contribution is 2.25. The lowest BCUT2D eigenvalue weighted by Crippen LogP contribution is -2.20. The van der Waals surface area contributed by atoms with Crippen LogP contribution >= 0.6 is 0 Å². The number of anilines is 1. The second kappa shape index (κ2) is 10.3. The van der Waals surface area contributed by atoms with Gasteiger partial charge in [0.25, 0.3) is 11.5 Å². The van der Waals surface area contributed by atoms with Crippen LogP contribution in [0.1, 0.15) is 48.5 Å². The summed E-state index contributed by atoms with van der Waals surface area (Å²) in [5.41, 5.74) is 3.54. The highest BCUT2D eigenvalue weighted by atomic mass is 16.5. The normalized spacial score (nSPS) is 15.5. The van der Waals surface area contributed by atoms with Gasteiger partial charge in [-0.3, -0.25) is 9.59 Å². The van der Waals surface area contributed by atoms with Crippen molar-refractivity contribution in [2.75, 3.05) is 11.9 Å². The zero-order valence-electron chi connectivity index (χ0n) is 19.9. The Labute approximate surface area is 204 Å². The largest absolute Gasteiger partial charge is 0.376 e. The van der Waals surface area contributed by atoms with E-state index in [1.807, 2.05) is 59.2 Å². The first kappa shape index (κ1) is 23.1. The zero-order valence-corrected chi connectivity index (χ0v) is 19.9. The molecule has 1 amide bonds. The molecule has 2 aromatic carbocycles. The number of unbranched alkanes of at least 4 members (excludes halogenated alkanes) is 1. The maximum atomic E-state index is 13.4. The molecule has 0 aliphatic carbocycles. The number of pyridine rings is 1. The number of hydrogen-bond acceptors (Lipinski definition) is 4. The molecule has 0 bridgehead atoms. The molecule has 35 heavy (non-hydrogen) atoms. The fourth-order valence-electron chi connectivity index (χ4n) is 4.53. The quantitative estimate of drug-likeness (QED) is 0.397. The van der Waals surface area contributed by atoms with Crippen molar-refractivity contribution >= 4 is 11.6 Å². The molecule has 1 N–H and O–H groups in total. The third-order valence-corrected chi connectivity index (χ3v) is 6.44. The van der Waals surface area contributed by atoms with Gasteiger partial charge in [-0.25, -0.2) is 0 Å². The van der Waals surface area contributed by atoms with E-state index in [2.05, 4.69) is 17.3 Å². The molecule has 1 fully saturated rings. The summed E-state index contributed by atoms with van der Waals surface area (Å²) in [5.74, 6) is -0.296. The molecule has 0 aromatic heterocycles. The van der Waals surface area contributed by atoms with Crippen LogP contribution in [0.5, 0.6) is 0 Å². The van der Waals surface area contributed by atoms with Crippen LogP contribution in [0.15, 0.2) is 71.8 Å². The fourth-order valence-corrected chi connectivity index (χ4v) is 4.53. The van der Waals surface area contributed by atoms with E-state index in [9.17, 15) is 9.59 Å². The second-order valence-corrected chi connectivity index (χ2v) is 9.07. The number of aromatic nitrogens is 3. The van der Waals surface area contributed by atoms with E-state index < -0.39 is 0 Å². The van der Waals surface area contributed by atoms with E-state index in [0.29, 0.717) is 34.7 Å². The predicted molar refractivity (Wildman–Crippen MR) is 136 cm³/mol. The number of benzene rings is 2. The first-order valence-corrected chi connectivity index (χ1v) is 12.3. The summed E-state index contributed by atoms with van der Waals surface area (Å²) in [6.45, 7) is 3.50. The molecule has 180 valence electrons. The van der Waals surface area contributed by atoms with Crippen molar-refractivity contribution in [2.45, 2.75) is 51.7 Å². The summed E-state index contributed by atoms with van der Waals surface area (Å²) < 4.78 is 9.04. The summed E-state index contributed by atoms with van der Waals surface area (Å²) in [7, 11) is 0. The average molecular weight is 471 g/mol. The minimum atomic E-state index is -0.296. The van der Waals surface area contributed by atoms with E-state index in [-0.39, 0.29) is 17.6 Å². The van der Waals surface area contributed by atoms with Crippen LogP contribution in [0.25, 0.3) is 16.9 Å². The van der Waals surface area contributed by atoms with E-state index in [4.69, 9.17) is 4.74 Å². The lowest BCUT2D eigenvalue weighted by atomic mass is 10.1. The molecule has 2 aromatic rings. The summed E-state index contributed by atoms with van der Waals surface area (Å²) in [6, 6.07) is 17.2. The molecular weight excluding hydrogens is 440 g/mol. The maximum Gasteiger partial charge on any atom is 0.282 e. The molecule has 3 aliphatic rings. The van der Waals surface area contributed by atoms with Gasteiger partial charge in [0.1, 0.15) is 5.69 Å². The number of para-hydroxylation sites is 1. The first-order valence-electron chi connectivity index (χ1n) is 12.3. The standard InChI is InChI=1S/C28H30N4O3/c1-2-3-8-20-12-14-21(15-13-20)29-27(33)24-18-31(17-23-11-7-16-35-23)19-25-26(24)30-32(28(25)34)22-9-5-4-6-10-22/h4-6,9-10,12-15,18-19,23H,2-3,7-8,11,16-17H2,1H3,(H,29,33)/t23-/m0/s1. The third kappa shape index (κ3) is 5.05. The summed E-state index contributed by atoms with van der Waals surface area (Å²) in [6.07, 6.45) is 8.92. The number of hydrogen-bond donors (Lipinski definition) is 1. The van der Waals surface area contributed by atoms with Crippen LogP contribution in [-0.2, 0) is 17.7 Å². The zero-order chi connectivity index (χ0) is 24.2. The van der Waals surface area contributed by atoms with Gasteiger partial charge in [-0.1, -0.05) is 43.7 Å². The smallest absolute Gasteiger partial charge is 0.282 e. The van der Waals surface area contributed by atoms with E-state index in [1.54, 1.807) is 12.4 Å². The number of aryl methyl sites for hydroxylation is 1. The lowest BCUT2D eigenvalue weighted by Gasteiger charge is -2.16. The average Bonchev–Trinajstić information content (AvgIpc) is 3.51. The Morgan fingerprint density at radius 1 is 1.11 bits per heavy atom. The number of amides is 1. The Balaban J connectivity index is 1.50. The summed E-state index contributed by atoms with van der Waals surface area (Å²) >= 11 is 0. The Hall–Kier alpha value is -3.71. The van der Waals surface area contributed by atoms with Gasteiger partial charge in [-0.15, -0.1) is 0 Å². The Morgan fingerprint density at radius 3 is 2.63 bits per heavy atom. The SMILES string of the molecule is CCCCc1ccc(NC(=O)c2cn(C[C@@H]3CCCO3)cc3c(=O)n(-c4ccccc4)nc2-3)cc1. The van der Waals surface area contributed by atoms with E-state index in [0.717, 1.165) is 38.7 Å². The predicted octanol–water partition coefficient (Wildman–Crippen LogP) is 4.91. The molecule has 7 nitrogen and oxygen atoms in total. The van der Waals surface area contributed by atoms with Crippen LogP contribution in [0.4, 0.5) is 5.69 Å². The van der Waals surface area contributed by atoms with Gasteiger partial charge in [0.2, 0.25) is 0 Å². The lowest BCUT2D eigenvalue weighted by molar-refractivity contribution is 0.0961. The van der Waals surface area contributed by atoms with Crippen molar-refractivity contribution in [3.05, 3.63) is 88.5 Å². The van der Waals surface area contributed by atoms with Crippen molar-refractivity contribution in [2.24, 2.45) is 0 Å². The van der Waals surface area contributed by atoms with Crippen LogP contribution in [0, 0.1) is 0 Å². The minimum absolute atomic E-state index is 0.0725. The van der Waals surface area contributed by atoms with Crippen LogP contribution in [0.3, 0.4) is 0 Å². The molecule has 3 heterocycles. The third-order valence-electron chi connectivity index (χ3n) is 6.44. The van der Waals surface area contributed by atoms with Gasteiger partial charge in [0.05, 0.1) is 22.9 Å². The molecule has 0 spiro atoms. The first-order chi connectivity index (χ1) is 17.1. The van der Waals surface area contributed by atoms with Gasteiger partial charge in [0, 0.05) is 31.2 Å². The summed E-state index contributed by atoms with van der Waals surface area (Å²) in [5, 5.41) is 7.55. The molecule has 3 aliphatic heterocycles. The highest BCUT2D eigenvalue weighted by Gasteiger charge is 2.26. The molecule has 1 saturated heterocycles. The fraction of sp³-hybridized carbons (Fsp3) is 0.321. The van der Waals surface area contributed by atoms with Gasteiger partial charge in [-0.05, 0) is 55.5 Å². The van der Waals surface area contributed by atoms with Gasteiger partial charge in [0.15, 0.2) is 0 Å². The van der Waals surface area contributed by atoms with Crippen LogP contribution in [-0.4, -0.2) is 33.0 Å². The number of rotatable bonds is 8. The molecular formula is C28H30N4O3. The second-order valence-electron chi connectivity index (χ2n) is 9.07. The van der Waals surface area contributed by atoms with Crippen LogP contribution in [0.2, 0.25) is 0 Å². The number of nitrogens with zero attached hydrogens (tertiary/aromatic N) is 3. The van der Waals surface area contributed by atoms with Crippen LogP contribution < -0.4 is 10.9 Å². The van der Waals surface area contributed by atoms with Crippen molar-refractivity contribution < 1.29 is 9.53 Å². The number of carbonyl (C=O) groups excluding carboxylic acids is 1. The van der Waals surface area contributed by atoms with E-state index in [1.165, 1.54) is 10.2 Å². The molecule has 0 radical (unpaired) electrons. The topological polar surface area (TPSA) is 78.2 Å². The number of fused-ring (bicyclic) bond motifs is 1. The molecule has 0 saturated carbocycles. The Bertz CT molecular complexity index is 1320. The van der Waals surface area contributed by atoms with Gasteiger partial charge in [-0.2, -0.15) is 9.78 Å². The number of nitrogens with one attached hydrogen (secondary N) is 1. The van der Waals surface area contributed by atoms with E-state index >= 15 is 0 Å². The summed E-state index contributed by atoms with van der Waals surface area (Å²) in [4.78, 5) is 26.7. The van der Waals surface area contributed by atoms with Crippen molar-refractivity contribution in [1.82, 2.24) is 14.3 Å². The van der Waals surface area contributed by atoms with Crippen molar-refractivity contribution in [3.8, 4) is 16.9 Å². The van der Waals surface area contributed by atoms with Gasteiger partial charge >= 0.3 is 0 Å². The Morgan fingerprint density at radius 2 is 1.91 bits per heavy atom. The van der Waals surface area contributed by atoms with Gasteiger partial charge < -0.3 is 14.6 Å². The maximum absolute atomic E-state index is 13.4. The monoisotopic (exact) mass is 470 g/mol. The van der Waals surface area contributed by atoms with Crippen molar-refractivity contribution in [3.63, 3.8) is 0 Å².